The first kappa shape index (κ1) is 14.9. The van der Waals surface area contributed by atoms with Gasteiger partial charge in [-0.3, -0.25) is 4.79 Å². The summed E-state index contributed by atoms with van der Waals surface area (Å²) in [6, 6.07) is 11.9. The van der Waals surface area contributed by atoms with Crippen LogP contribution in [0.15, 0.2) is 48.5 Å². The minimum absolute atomic E-state index is 0.0160. The first-order chi connectivity index (χ1) is 9.91. The highest BCUT2D eigenvalue weighted by molar-refractivity contribution is 5.67. The number of aliphatic hydroxyl groups is 1. The molecule has 110 valence electrons. The van der Waals surface area contributed by atoms with E-state index in [1.54, 1.807) is 24.3 Å². The molecule has 0 aliphatic heterocycles. The molecular weight excluding hydrogens is 272 g/mol. The van der Waals surface area contributed by atoms with Gasteiger partial charge in [0, 0.05) is 6.42 Å². The zero-order valence-electron chi connectivity index (χ0n) is 11.2. The van der Waals surface area contributed by atoms with Crippen molar-refractivity contribution in [2.24, 2.45) is 0 Å². The zero-order chi connectivity index (χ0) is 15.5. The molecule has 2 aromatic rings. The Morgan fingerprint density at radius 1 is 0.857 bits per heavy atom. The lowest BCUT2D eigenvalue weighted by Crippen LogP contribution is -2.28. The second-order valence-electron chi connectivity index (χ2n) is 4.85. The minimum atomic E-state index is -1.50. The molecule has 0 atom stereocenters. The number of rotatable bonds is 5. The van der Waals surface area contributed by atoms with Gasteiger partial charge in [0.2, 0.25) is 0 Å². The van der Waals surface area contributed by atoms with Gasteiger partial charge in [-0.2, -0.15) is 0 Å². The second kappa shape index (κ2) is 5.85. The normalized spacial score (nSPS) is 11.3. The smallest absolute Gasteiger partial charge is 0.303 e. The fourth-order valence-electron chi connectivity index (χ4n) is 2.22. The molecule has 0 aromatic heterocycles. The number of hydrogen-bond donors (Lipinski definition) is 4. The maximum absolute atomic E-state index is 11.0. The number of benzene rings is 2. The topological polar surface area (TPSA) is 98.0 Å². The molecule has 0 aliphatic carbocycles. The summed E-state index contributed by atoms with van der Waals surface area (Å²) in [5, 5.41) is 38.5. The Morgan fingerprint density at radius 3 is 1.57 bits per heavy atom. The molecule has 2 aromatic carbocycles. The van der Waals surface area contributed by atoms with Crippen LogP contribution in [-0.2, 0) is 10.4 Å². The molecule has 0 amide bonds. The Kier molecular flexibility index (Phi) is 4.14. The Labute approximate surface area is 121 Å². The van der Waals surface area contributed by atoms with E-state index in [1.807, 2.05) is 0 Å². The third kappa shape index (κ3) is 3.32. The van der Waals surface area contributed by atoms with Crippen LogP contribution in [0.25, 0.3) is 0 Å². The Bertz CT molecular complexity index is 571. The SMILES string of the molecule is O=C(O)CCC(O)(c1ccc(O)cc1)c1ccc(O)cc1. The molecule has 0 aliphatic rings. The Morgan fingerprint density at radius 2 is 1.24 bits per heavy atom. The van der Waals surface area contributed by atoms with Crippen LogP contribution in [0, 0.1) is 0 Å². The van der Waals surface area contributed by atoms with E-state index in [0.717, 1.165) is 0 Å². The lowest BCUT2D eigenvalue weighted by molar-refractivity contribution is -0.138. The number of carbonyl (C=O) groups is 1. The predicted octanol–water partition coefficient (Wildman–Crippen LogP) is 2.20. The molecule has 0 spiro atoms. The van der Waals surface area contributed by atoms with Crippen LogP contribution >= 0.6 is 0 Å². The van der Waals surface area contributed by atoms with E-state index in [1.165, 1.54) is 24.3 Å². The molecule has 0 unspecified atom stereocenters. The fraction of sp³-hybridized carbons (Fsp3) is 0.188. The van der Waals surface area contributed by atoms with E-state index in [0.29, 0.717) is 11.1 Å². The quantitative estimate of drug-likeness (QED) is 0.676. The summed E-state index contributed by atoms with van der Waals surface area (Å²) in [5.74, 6) is -0.888. The number of phenols is 2. The van der Waals surface area contributed by atoms with E-state index >= 15 is 0 Å². The Balaban J connectivity index is 2.44. The van der Waals surface area contributed by atoms with Gasteiger partial charge in [0.1, 0.15) is 17.1 Å². The van der Waals surface area contributed by atoms with Gasteiger partial charge in [0.05, 0.1) is 0 Å². The van der Waals surface area contributed by atoms with E-state index in [4.69, 9.17) is 5.11 Å². The average Bonchev–Trinajstić information content (AvgIpc) is 2.46. The molecule has 0 saturated heterocycles. The van der Waals surface area contributed by atoms with Crippen molar-refractivity contribution in [2.45, 2.75) is 18.4 Å². The molecular formula is C16H16O5. The van der Waals surface area contributed by atoms with Gasteiger partial charge >= 0.3 is 5.97 Å². The minimum Gasteiger partial charge on any atom is -0.508 e. The standard InChI is InChI=1S/C16H16O5/c17-13-5-1-11(2-6-13)16(21,10-9-15(19)20)12-3-7-14(18)8-4-12/h1-8,17-18,21H,9-10H2,(H,19,20). The second-order valence-corrected chi connectivity index (χ2v) is 4.85. The van der Waals surface area contributed by atoms with Crippen molar-refractivity contribution in [2.75, 3.05) is 0 Å². The molecule has 5 nitrogen and oxygen atoms in total. The number of aliphatic carboxylic acids is 1. The molecule has 0 heterocycles. The summed E-state index contributed by atoms with van der Waals surface area (Å²) in [4.78, 5) is 10.8. The molecule has 5 heteroatoms. The zero-order valence-corrected chi connectivity index (χ0v) is 11.2. The van der Waals surface area contributed by atoms with Crippen molar-refractivity contribution in [1.82, 2.24) is 0 Å². The van der Waals surface area contributed by atoms with Crippen LogP contribution in [-0.4, -0.2) is 26.4 Å². The van der Waals surface area contributed by atoms with Crippen molar-refractivity contribution in [3.8, 4) is 11.5 Å². The van der Waals surface area contributed by atoms with Gasteiger partial charge in [0.25, 0.3) is 0 Å². The summed E-state index contributed by atoms with van der Waals surface area (Å²) >= 11 is 0. The van der Waals surface area contributed by atoms with E-state index in [2.05, 4.69) is 0 Å². The monoisotopic (exact) mass is 288 g/mol. The van der Waals surface area contributed by atoms with Gasteiger partial charge in [-0.1, -0.05) is 24.3 Å². The van der Waals surface area contributed by atoms with Crippen molar-refractivity contribution in [3.05, 3.63) is 59.7 Å². The average molecular weight is 288 g/mol. The predicted molar refractivity (Wildman–Crippen MR) is 76.1 cm³/mol. The first-order valence-corrected chi connectivity index (χ1v) is 6.45. The van der Waals surface area contributed by atoms with Crippen LogP contribution in [0.4, 0.5) is 0 Å². The van der Waals surface area contributed by atoms with Gasteiger partial charge < -0.3 is 20.4 Å². The molecule has 21 heavy (non-hydrogen) atoms. The Hall–Kier alpha value is -2.53. The largest absolute Gasteiger partial charge is 0.508 e. The lowest BCUT2D eigenvalue weighted by atomic mass is 9.82. The highest BCUT2D eigenvalue weighted by atomic mass is 16.4. The van der Waals surface area contributed by atoms with Gasteiger partial charge in [0.15, 0.2) is 0 Å². The summed E-state index contributed by atoms with van der Waals surface area (Å²) in [5.41, 5.74) is -0.542. The molecule has 0 radical (unpaired) electrons. The van der Waals surface area contributed by atoms with E-state index in [-0.39, 0.29) is 24.3 Å². The third-order valence-electron chi connectivity index (χ3n) is 3.39. The van der Waals surface area contributed by atoms with Crippen LogP contribution in [0.2, 0.25) is 0 Å². The summed E-state index contributed by atoms with van der Waals surface area (Å²) < 4.78 is 0. The van der Waals surface area contributed by atoms with Crippen molar-refractivity contribution in [3.63, 3.8) is 0 Å². The van der Waals surface area contributed by atoms with E-state index in [9.17, 15) is 20.1 Å². The molecule has 0 fully saturated rings. The number of aromatic hydroxyl groups is 2. The molecule has 2 rings (SSSR count). The molecule has 0 bridgehead atoms. The number of carboxylic acid groups (broad SMARTS) is 1. The van der Waals surface area contributed by atoms with Crippen molar-refractivity contribution < 1.29 is 25.2 Å². The highest BCUT2D eigenvalue weighted by Gasteiger charge is 2.32. The van der Waals surface area contributed by atoms with Crippen LogP contribution in [0.1, 0.15) is 24.0 Å². The number of carboxylic acids is 1. The van der Waals surface area contributed by atoms with Crippen molar-refractivity contribution in [1.29, 1.82) is 0 Å². The summed E-state index contributed by atoms with van der Waals surface area (Å²) in [6.07, 6.45) is -0.226. The molecule has 0 saturated carbocycles. The van der Waals surface area contributed by atoms with Gasteiger partial charge in [-0.15, -0.1) is 0 Å². The lowest BCUT2D eigenvalue weighted by Gasteiger charge is -2.29. The molecule has 4 N–H and O–H groups in total. The first-order valence-electron chi connectivity index (χ1n) is 6.45. The summed E-state index contributed by atoms with van der Waals surface area (Å²) in [6.45, 7) is 0. The van der Waals surface area contributed by atoms with Gasteiger partial charge in [-0.25, -0.2) is 0 Å². The van der Waals surface area contributed by atoms with E-state index < -0.39 is 11.6 Å². The van der Waals surface area contributed by atoms with Crippen molar-refractivity contribution >= 4 is 5.97 Å². The number of hydrogen-bond acceptors (Lipinski definition) is 4. The maximum atomic E-state index is 11.0. The van der Waals surface area contributed by atoms with Crippen LogP contribution in [0.3, 0.4) is 0 Å². The van der Waals surface area contributed by atoms with Crippen LogP contribution in [0.5, 0.6) is 11.5 Å². The summed E-state index contributed by atoms with van der Waals surface area (Å²) in [7, 11) is 0. The third-order valence-corrected chi connectivity index (χ3v) is 3.39. The number of phenolic OH excluding ortho intramolecular Hbond substituents is 2. The maximum Gasteiger partial charge on any atom is 0.303 e. The van der Waals surface area contributed by atoms with Crippen LogP contribution < -0.4 is 0 Å². The fourth-order valence-corrected chi connectivity index (χ4v) is 2.22. The highest BCUT2D eigenvalue weighted by Crippen LogP contribution is 2.35. The van der Waals surface area contributed by atoms with Gasteiger partial charge in [-0.05, 0) is 41.8 Å².